The maximum absolute atomic E-state index is 12.0. The monoisotopic (exact) mass is 311 g/mol. The van der Waals surface area contributed by atoms with E-state index in [1.807, 2.05) is 0 Å². The van der Waals surface area contributed by atoms with Crippen LogP contribution in [0.3, 0.4) is 0 Å². The molecule has 2 rings (SSSR count). The molecule has 0 unspecified atom stereocenters. The summed E-state index contributed by atoms with van der Waals surface area (Å²) in [6.45, 7) is 0. The highest BCUT2D eigenvalue weighted by Gasteiger charge is 2.14. The van der Waals surface area contributed by atoms with Crippen molar-refractivity contribution < 1.29 is 16.8 Å². The molecule has 105 valence electrons. The van der Waals surface area contributed by atoms with Gasteiger partial charge in [-0.2, -0.15) is 0 Å². The minimum absolute atomic E-state index is 0.109. The van der Waals surface area contributed by atoms with Gasteiger partial charge in [0.25, 0.3) is 20.0 Å². The van der Waals surface area contributed by atoms with Crippen molar-refractivity contribution in [3.8, 4) is 0 Å². The largest absolute Gasteiger partial charge is 0.280 e. The van der Waals surface area contributed by atoms with Gasteiger partial charge in [-0.1, -0.05) is 18.2 Å². The third kappa shape index (κ3) is 3.35. The van der Waals surface area contributed by atoms with Crippen LogP contribution in [0.15, 0.2) is 64.4 Å². The van der Waals surface area contributed by atoms with Crippen molar-refractivity contribution in [1.82, 2.24) is 5.14 Å². The lowest BCUT2D eigenvalue weighted by Gasteiger charge is -2.08. The SMILES string of the molecule is [NH]S(=O)(=O)c1ccc(NS(=O)(=O)c2ccccc2)cc1. The van der Waals surface area contributed by atoms with E-state index in [4.69, 9.17) is 5.14 Å². The maximum Gasteiger partial charge on any atom is 0.261 e. The van der Waals surface area contributed by atoms with E-state index in [0.29, 0.717) is 0 Å². The van der Waals surface area contributed by atoms with Crippen LogP contribution in [0.4, 0.5) is 5.69 Å². The minimum Gasteiger partial charge on any atom is -0.280 e. The summed E-state index contributed by atoms with van der Waals surface area (Å²) in [6.07, 6.45) is 0. The van der Waals surface area contributed by atoms with Crippen molar-refractivity contribution in [2.45, 2.75) is 9.79 Å². The zero-order valence-corrected chi connectivity index (χ0v) is 11.8. The summed E-state index contributed by atoms with van der Waals surface area (Å²) in [5.41, 5.74) is 0.223. The number of nitrogens with one attached hydrogen (secondary N) is 2. The summed E-state index contributed by atoms with van der Waals surface area (Å²) >= 11 is 0. The highest BCUT2D eigenvalue weighted by molar-refractivity contribution is 7.92. The third-order valence-corrected chi connectivity index (χ3v) is 4.76. The van der Waals surface area contributed by atoms with Crippen molar-refractivity contribution >= 4 is 25.7 Å². The van der Waals surface area contributed by atoms with E-state index in [2.05, 4.69) is 4.72 Å². The van der Waals surface area contributed by atoms with E-state index in [0.717, 1.165) is 0 Å². The molecule has 0 spiro atoms. The van der Waals surface area contributed by atoms with Crippen molar-refractivity contribution in [1.29, 1.82) is 0 Å². The minimum atomic E-state index is -4.04. The van der Waals surface area contributed by atoms with E-state index in [9.17, 15) is 16.8 Å². The van der Waals surface area contributed by atoms with Crippen LogP contribution in [-0.4, -0.2) is 16.8 Å². The molecule has 0 aliphatic rings. The Balaban J connectivity index is 2.27. The lowest BCUT2D eigenvalue weighted by Crippen LogP contribution is -2.12. The predicted molar refractivity (Wildman–Crippen MR) is 74.0 cm³/mol. The normalized spacial score (nSPS) is 12.1. The van der Waals surface area contributed by atoms with Crippen LogP contribution in [0.25, 0.3) is 0 Å². The van der Waals surface area contributed by atoms with E-state index >= 15 is 0 Å². The summed E-state index contributed by atoms with van der Waals surface area (Å²) < 4.78 is 48.3. The molecule has 20 heavy (non-hydrogen) atoms. The molecule has 0 saturated heterocycles. The Bertz CT molecular complexity index is 798. The molecular weight excluding hydrogens is 300 g/mol. The van der Waals surface area contributed by atoms with Gasteiger partial charge in [0.1, 0.15) is 0 Å². The van der Waals surface area contributed by atoms with Crippen molar-refractivity contribution in [2.24, 2.45) is 0 Å². The molecule has 0 heterocycles. The van der Waals surface area contributed by atoms with E-state index in [1.165, 1.54) is 36.4 Å². The number of sulfonamides is 2. The Morgan fingerprint density at radius 1 is 0.750 bits per heavy atom. The number of hydrogen-bond donors (Lipinski definition) is 1. The molecule has 2 aromatic rings. The van der Waals surface area contributed by atoms with Gasteiger partial charge < -0.3 is 0 Å². The lowest BCUT2D eigenvalue weighted by molar-refractivity contribution is 0.596. The quantitative estimate of drug-likeness (QED) is 0.922. The topological polar surface area (TPSA) is 104 Å². The van der Waals surface area contributed by atoms with Gasteiger partial charge in [0, 0.05) is 5.69 Å². The highest BCUT2D eigenvalue weighted by Crippen LogP contribution is 2.17. The third-order valence-electron chi connectivity index (χ3n) is 2.47. The molecule has 0 aliphatic heterocycles. The molecule has 0 amide bonds. The summed E-state index contributed by atoms with van der Waals surface area (Å²) in [5, 5.41) is 6.89. The van der Waals surface area contributed by atoms with Gasteiger partial charge in [-0.3, -0.25) is 4.72 Å². The zero-order chi connectivity index (χ0) is 14.8. The molecule has 2 N–H and O–H groups in total. The van der Waals surface area contributed by atoms with Crippen LogP contribution in [0.1, 0.15) is 0 Å². The number of anilines is 1. The smallest absolute Gasteiger partial charge is 0.261 e. The van der Waals surface area contributed by atoms with Gasteiger partial charge >= 0.3 is 0 Å². The molecule has 2 aromatic carbocycles. The van der Waals surface area contributed by atoms with Gasteiger partial charge in [0.05, 0.1) is 9.79 Å². The maximum atomic E-state index is 12.0. The molecule has 0 fully saturated rings. The Hall–Kier alpha value is -1.90. The molecule has 0 saturated carbocycles. The van der Waals surface area contributed by atoms with Crippen molar-refractivity contribution in [3.63, 3.8) is 0 Å². The molecule has 1 radical (unpaired) electrons. The Labute approximate surface area is 117 Å². The Morgan fingerprint density at radius 3 is 1.80 bits per heavy atom. The Kier molecular flexibility index (Phi) is 3.80. The first-order chi connectivity index (χ1) is 9.29. The number of rotatable bonds is 4. The van der Waals surface area contributed by atoms with Crippen molar-refractivity contribution in [2.75, 3.05) is 4.72 Å². The van der Waals surface area contributed by atoms with Gasteiger partial charge in [-0.05, 0) is 36.4 Å². The average Bonchev–Trinajstić information content (AvgIpc) is 2.39. The molecule has 0 aromatic heterocycles. The molecule has 0 aliphatic carbocycles. The predicted octanol–water partition coefficient (Wildman–Crippen LogP) is 1.46. The lowest BCUT2D eigenvalue weighted by atomic mass is 10.3. The average molecular weight is 311 g/mol. The highest BCUT2D eigenvalue weighted by atomic mass is 32.2. The van der Waals surface area contributed by atoms with Crippen LogP contribution in [0.5, 0.6) is 0 Å². The number of benzene rings is 2. The standard InChI is InChI=1S/C12H11N2O4S2/c13-19(15,16)11-8-6-10(7-9-11)14-20(17,18)12-4-2-1-3-5-12/h1-9,13-14H. The zero-order valence-electron chi connectivity index (χ0n) is 10.1. The summed E-state index contributed by atoms with van der Waals surface area (Å²) in [7, 11) is -7.75. The van der Waals surface area contributed by atoms with Gasteiger partial charge in [0.2, 0.25) is 0 Å². The van der Waals surface area contributed by atoms with Crippen LogP contribution in [-0.2, 0) is 20.0 Å². The fourth-order valence-electron chi connectivity index (χ4n) is 1.52. The molecular formula is C12H11N2O4S2. The summed E-state index contributed by atoms with van der Waals surface area (Å²) in [5.74, 6) is 0. The van der Waals surface area contributed by atoms with E-state index < -0.39 is 20.0 Å². The second-order valence-electron chi connectivity index (χ2n) is 3.95. The van der Waals surface area contributed by atoms with Crippen LogP contribution < -0.4 is 9.86 Å². The molecule has 6 nitrogen and oxygen atoms in total. The fraction of sp³-hybridized carbons (Fsp3) is 0. The number of hydrogen-bond acceptors (Lipinski definition) is 4. The second kappa shape index (κ2) is 5.23. The van der Waals surface area contributed by atoms with Crippen LogP contribution >= 0.6 is 0 Å². The van der Waals surface area contributed by atoms with Gasteiger partial charge in [0.15, 0.2) is 0 Å². The van der Waals surface area contributed by atoms with E-state index in [-0.39, 0.29) is 15.5 Å². The van der Waals surface area contributed by atoms with Gasteiger partial charge in [-0.25, -0.2) is 16.8 Å². The van der Waals surface area contributed by atoms with Crippen molar-refractivity contribution in [3.05, 3.63) is 54.6 Å². The second-order valence-corrected chi connectivity index (χ2v) is 7.11. The van der Waals surface area contributed by atoms with Gasteiger partial charge in [-0.15, -0.1) is 5.14 Å². The first-order valence-electron chi connectivity index (χ1n) is 5.47. The first kappa shape index (κ1) is 14.5. The Morgan fingerprint density at radius 2 is 1.30 bits per heavy atom. The summed E-state index contributed by atoms with van der Waals surface area (Å²) in [6, 6.07) is 12.7. The molecule has 0 bridgehead atoms. The summed E-state index contributed by atoms with van der Waals surface area (Å²) in [4.78, 5) is -0.0858. The molecule has 0 atom stereocenters. The van der Waals surface area contributed by atoms with E-state index in [1.54, 1.807) is 18.2 Å². The van der Waals surface area contributed by atoms with Crippen LogP contribution in [0, 0.1) is 0 Å². The fourth-order valence-corrected chi connectivity index (χ4v) is 3.09. The molecule has 8 heteroatoms. The first-order valence-corrected chi connectivity index (χ1v) is 8.43. The van der Waals surface area contributed by atoms with Crippen LogP contribution in [0.2, 0.25) is 0 Å².